The first-order chi connectivity index (χ1) is 12.2. The van der Waals surface area contributed by atoms with Crippen LogP contribution < -0.4 is 15.6 Å². The van der Waals surface area contributed by atoms with E-state index in [2.05, 4.69) is 10.3 Å². The Hall–Kier alpha value is -3.34. The fourth-order valence-corrected chi connectivity index (χ4v) is 2.54. The SMILES string of the molecule is COc1ccccc1CNC(=O)/C=C/c1cc2ccccc2[nH]c1=O. The number of para-hydroxylation sites is 2. The molecule has 3 aromatic rings. The second kappa shape index (κ2) is 7.49. The Bertz CT molecular complexity index is 989. The molecule has 0 unspecified atom stereocenters. The van der Waals surface area contributed by atoms with Crippen molar-refractivity contribution in [3.8, 4) is 5.75 Å². The molecule has 5 heteroatoms. The van der Waals surface area contributed by atoms with E-state index in [4.69, 9.17) is 4.74 Å². The number of hydrogen-bond acceptors (Lipinski definition) is 3. The largest absolute Gasteiger partial charge is 0.496 e. The molecule has 0 saturated heterocycles. The van der Waals surface area contributed by atoms with Gasteiger partial charge in [0.15, 0.2) is 0 Å². The van der Waals surface area contributed by atoms with Gasteiger partial charge < -0.3 is 15.0 Å². The maximum Gasteiger partial charge on any atom is 0.255 e. The molecule has 0 fully saturated rings. The first-order valence-electron chi connectivity index (χ1n) is 7.87. The third kappa shape index (κ3) is 3.95. The Labute approximate surface area is 145 Å². The number of amides is 1. The van der Waals surface area contributed by atoms with Crippen molar-refractivity contribution in [2.45, 2.75) is 6.54 Å². The van der Waals surface area contributed by atoms with Crippen molar-refractivity contribution in [2.24, 2.45) is 0 Å². The van der Waals surface area contributed by atoms with E-state index in [1.165, 1.54) is 12.2 Å². The van der Waals surface area contributed by atoms with E-state index in [1.807, 2.05) is 48.5 Å². The van der Waals surface area contributed by atoms with Crippen molar-refractivity contribution < 1.29 is 9.53 Å². The number of nitrogens with one attached hydrogen (secondary N) is 2. The molecule has 0 aliphatic rings. The first-order valence-corrected chi connectivity index (χ1v) is 7.87. The lowest BCUT2D eigenvalue weighted by atomic mass is 10.1. The molecule has 25 heavy (non-hydrogen) atoms. The van der Waals surface area contributed by atoms with Crippen LogP contribution in [0, 0.1) is 0 Å². The zero-order chi connectivity index (χ0) is 17.6. The Morgan fingerprint density at radius 3 is 2.76 bits per heavy atom. The average molecular weight is 334 g/mol. The molecule has 0 aliphatic heterocycles. The summed E-state index contributed by atoms with van der Waals surface area (Å²) < 4.78 is 5.25. The lowest BCUT2D eigenvalue weighted by Crippen LogP contribution is -2.20. The molecule has 0 radical (unpaired) electrons. The summed E-state index contributed by atoms with van der Waals surface area (Å²) in [6, 6.07) is 16.7. The standard InChI is InChI=1S/C20H18N2O3/c1-25-18-9-5-3-7-16(18)13-21-19(23)11-10-15-12-14-6-2-4-8-17(14)22-20(15)24/h2-12H,13H2,1H3,(H,21,23)(H,22,24)/b11-10+. The molecule has 3 rings (SSSR count). The molecule has 5 nitrogen and oxygen atoms in total. The Kier molecular flexibility index (Phi) is 4.95. The quantitative estimate of drug-likeness (QED) is 0.705. The summed E-state index contributed by atoms with van der Waals surface area (Å²) in [6.45, 7) is 0.348. The maximum absolute atomic E-state index is 12.1. The number of rotatable bonds is 5. The van der Waals surface area contributed by atoms with Crippen molar-refractivity contribution in [1.29, 1.82) is 0 Å². The molecular formula is C20H18N2O3. The van der Waals surface area contributed by atoms with E-state index in [1.54, 1.807) is 13.2 Å². The van der Waals surface area contributed by atoms with Crippen LogP contribution in [0.25, 0.3) is 17.0 Å². The van der Waals surface area contributed by atoms with Crippen LogP contribution in [0.5, 0.6) is 5.75 Å². The van der Waals surface area contributed by atoms with Gasteiger partial charge in [-0.1, -0.05) is 36.4 Å². The molecule has 2 N–H and O–H groups in total. The van der Waals surface area contributed by atoms with Crippen LogP contribution in [0.4, 0.5) is 0 Å². The number of ether oxygens (including phenoxy) is 1. The van der Waals surface area contributed by atoms with Crippen LogP contribution in [0.1, 0.15) is 11.1 Å². The van der Waals surface area contributed by atoms with Crippen LogP contribution >= 0.6 is 0 Å². The Morgan fingerprint density at radius 1 is 1.16 bits per heavy atom. The van der Waals surface area contributed by atoms with E-state index in [0.29, 0.717) is 12.1 Å². The second-order valence-corrected chi connectivity index (χ2v) is 5.50. The number of carbonyl (C=O) groups is 1. The van der Waals surface area contributed by atoms with E-state index in [-0.39, 0.29) is 11.5 Å². The maximum atomic E-state index is 12.1. The zero-order valence-electron chi connectivity index (χ0n) is 13.8. The number of hydrogen-bond donors (Lipinski definition) is 2. The summed E-state index contributed by atoms with van der Waals surface area (Å²) in [6.07, 6.45) is 2.87. The summed E-state index contributed by atoms with van der Waals surface area (Å²) >= 11 is 0. The molecule has 0 atom stereocenters. The monoisotopic (exact) mass is 334 g/mol. The summed E-state index contributed by atoms with van der Waals surface area (Å²) in [5, 5.41) is 3.70. The normalized spacial score (nSPS) is 10.9. The van der Waals surface area contributed by atoms with Crippen LogP contribution in [-0.4, -0.2) is 18.0 Å². The molecule has 0 bridgehead atoms. The number of carbonyl (C=O) groups excluding carboxylic acids is 1. The van der Waals surface area contributed by atoms with Crippen molar-refractivity contribution in [3.63, 3.8) is 0 Å². The lowest BCUT2D eigenvalue weighted by molar-refractivity contribution is -0.116. The van der Waals surface area contributed by atoms with Crippen LogP contribution in [0.3, 0.4) is 0 Å². The first kappa shape index (κ1) is 16.5. The Morgan fingerprint density at radius 2 is 1.92 bits per heavy atom. The van der Waals surface area contributed by atoms with E-state index in [9.17, 15) is 9.59 Å². The van der Waals surface area contributed by atoms with E-state index >= 15 is 0 Å². The van der Waals surface area contributed by atoms with Crippen molar-refractivity contribution >= 4 is 22.9 Å². The number of aromatic amines is 1. The molecule has 126 valence electrons. The van der Waals surface area contributed by atoms with Crippen LogP contribution in [0.2, 0.25) is 0 Å². The summed E-state index contributed by atoms with van der Waals surface area (Å²) in [5.74, 6) is 0.441. The number of benzene rings is 2. The minimum Gasteiger partial charge on any atom is -0.496 e. The van der Waals surface area contributed by atoms with Gasteiger partial charge in [0.25, 0.3) is 5.56 Å². The lowest BCUT2D eigenvalue weighted by Gasteiger charge is -2.08. The number of pyridine rings is 1. The molecule has 0 saturated carbocycles. The predicted octanol–water partition coefficient (Wildman–Crippen LogP) is 2.87. The smallest absolute Gasteiger partial charge is 0.255 e. The predicted molar refractivity (Wildman–Crippen MR) is 98.4 cm³/mol. The third-order valence-electron chi connectivity index (χ3n) is 3.84. The van der Waals surface area contributed by atoms with Gasteiger partial charge >= 0.3 is 0 Å². The average Bonchev–Trinajstić information content (AvgIpc) is 2.64. The van der Waals surface area contributed by atoms with Gasteiger partial charge in [-0.15, -0.1) is 0 Å². The molecule has 1 heterocycles. The summed E-state index contributed by atoms with van der Waals surface area (Å²) in [5.41, 5.74) is 1.86. The molecule has 2 aromatic carbocycles. The second-order valence-electron chi connectivity index (χ2n) is 5.50. The number of fused-ring (bicyclic) bond motifs is 1. The highest BCUT2D eigenvalue weighted by molar-refractivity contribution is 5.92. The third-order valence-corrected chi connectivity index (χ3v) is 3.84. The molecule has 0 spiro atoms. The molecule has 1 amide bonds. The molecule has 1 aromatic heterocycles. The van der Waals surface area contributed by atoms with Gasteiger partial charge in [-0.25, -0.2) is 0 Å². The number of H-pyrrole nitrogens is 1. The highest BCUT2D eigenvalue weighted by Crippen LogP contribution is 2.16. The fourth-order valence-electron chi connectivity index (χ4n) is 2.54. The van der Waals surface area contributed by atoms with Gasteiger partial charge in [0.05, 0.1) is 7.11 Å². The topological polar surface area (TPSA) is 71.2 Å². The minimum absolute atomic E-state index is 0.229. The fraction of sp³-hybridized carbons (Fsp3) is 0.100. The number of aromatic nitrogens is 1. The minimum atomic E-state index is -0.279. The summed E-state index contributed by atoms with van der Waals surface area (Å²) in [7, 11) is 1.59. The molecular weight excluding hydrogens is 316 g/mol. The van der Waals surface area contributed by atoms with Gasteiger partial charge in [-0.05, 0) is 29.7 Å². The summed E-state index contributed by atoms with van der Waals surface area (Å²) in [4.78, 5) is 26.9. The van der Waals surface area contributed by atoms with E-state index in [0.717, 1.165) is 22.2 Å². The van der Waals surface area contributed by atoms with Crippen molar-refractivity contribution in [3.05, 3.63) is 82.2 Å². The van der Waals surface area contributed by atoms with Crippen molar-refractivity contribution in [2.75, 3.05) is 7.11 Å². The van der Waals surface area contributed by atoms with Crippen LogP contribution in [-0.2, 0) is 11.3 Å². The van der Waals surface area contributed by atoms with Gasteiger partial charge in [-0.2, -0.15) is 0 Å². The van der Waals surface area contributed by atoms with Crippen molar-refractivity contribution in [1.82, 2.24) is 10.3 Å². The van der Waals surface area contributed by atoms with Gasteiger partial charge in [0.1, 0.15) is 5.75 Å². The highest BCUT2D eigenvalue weighted by atomic mass is 16.5. The molecule has 0 aliphatic carbocycles. The highest BCUT2D eigenvalue weighted by Gasteiger charge is 2.04. The Balaban J connectivity index is 1.70. The number of methoxy groups -OCH3 is 1. The van der Waals surface area contributed by atoms with Gasteiger partial charge in [0.2, 0.25) is 5.91 Å². The van der Waals surface area contributed by atoms with E-state index < -0.39 is 0 Å². The van der Waals surface area contributed by atoms with Gasteiger partial charge in [-0.3, -0.25) is 9.59 Å². The van der Waals surface area contributed by atoms with Gasteiger partial charge in [0, 0.05) is 29.3 Å². The van der Waals surface area contributed by atoms with Crippen LogP contribution in [0.15, 0.2) is 65.5 Å². The zero-order valence-corrected chi connectivity index (χ0v) is 13.8.